The van der Waals surface area contributed by atoms with Crippen molar-refractivity contribution in [2.45, 2.75) is 53.1 Å². The van der Waals surface area contributed by atoms with Crippen LogP contribution in [0, 0.1) is 0 Å². The van der Waals surface area contributed by atoms with Crippen LogP contribution in [0.4, 0.5) is 5.69 Å². The van der Waals surface area contributed by atoms with Gasteiger partial charge < -0.3 is 10.8 Å². The fourth-order valence-corrected chi connectivity index (χ4v) is 1.80. The Morgan fingerprint density at radius 2 is 1.81 bits per heavy atom. The van der Waals surface area contributed by atoms with Crippen LogP contribution in [0.1, 0.15) is 45.2 Å². The number of benzene rings is 1. The normalized spacial score (nSPS) is 17.2. The zero-order valence-electron chi connectivity index (χ0n) is 11.0. The molecule has 3 N–H and O–H groups in total. The maximum Gasteiger partial charge on any atom is 0.0584 e. The second-order valence-corrected chi connectivity index (χ2v) is 3.38. The Morgan fingerprint density at radius 3 is 2.44 bits per heavy atom. The summed E-state index contributed by atoms with van der Waals surface area (Å²) < 4.78 is 0. The van der Waals surface area contributed by atoms with Crippen molar-refractivity contribution in [2.75, 3.05) is 5.73 Å². The van der Waals surface area contributed by atoms with Crippen LogP contribution in [0.5, 0.6) is 0 Å². The van der Waals surface area contributed by atoms with Crippen LogP contribution in [0.3, 0.4) is 0 Å². The van der Waals surface area contributed by atoms with Gasteiger partial charge in [-0.15, -0.1) is 0 Å². The third-order valence-corrected chi connectivity index (χ3v) is 2.50. The molecule has 0 fully saturated rings. The van der Waals surface area contributed by atoms with Crippen LogP contribution in [0.25, 0.3) is 0 Å². The zero-order chi connectivity index (χ0) is 12.6. The number of aryl methyl sites for hydroxylation is 1. The van der Waals surface area contributed by atoms with Gasteiger partial charge in [0.25, 0.3) is 0 Å². The second-order valence-electron chi connectivity index (χ2n) is 3.38. The van der Waals surface area contributed by atoms with Gasteiger partial charge in [-0.3, -0.25) is 0 Å². The summed E-state index contributed by atoms with van der Waals surface area (Å²) in [6.07, 6.45) is 2.36. The highest BCUT2D eigenvalue weighted by Crippen LogP contribution is 2.25. The van der Waals surface area contributed by atoms with Gasteiger partial charge >= 0.3 is 0 Å². The first kappa shape index (κ1) is 15.0. The Kier molecular flexibility index (Phi) is 7.65. The molecule has 1 unspecified atom stereocenters. The maximum absolute atomic E-state index is 9.42. The minimum absolute atomic E-state index is 0.192. The molecule has 1 aromatic carbocycles. The van der Waals surface area contributed by atoms with E-state index in [9.17, 15) is 5.11 Å². The summed E-state index contributed by atoms with van der Waals surface area (Å²) in [5.74, 6) is 0. The van der Waals surface area contributed by atoms with E-state index < -0.39 is 0 Å². The Balaban J connectivity index is 0.000000509. The van der Waals surface area contributed by atoms with E-state index >= 15 is 0 Å². The van der Waals surface area contributed by atoms with Crippen LogP contribution in [0.2, 0.25) is 0 Å². The van der Waals surface area contributed by atoms with Gasteiger partial charge in [-0.25, -0.2) is 0 Å². The van der Waals surface area contributed by atoms with Gasteiger partial charge in [-0.1, -0.05) is 39.8 Å². The van der Waals surface area contributed by atoms with Crippen molar-refractivity contribution in [3.8, 4) is 0 Å². The highest BCUT2D eigenvalue weighted by molar-refractivity contribution is 5.52. The Hall–Kier alpha value is -1.02. The Bertz CT molecular complexity index is 297. The summed E-state index contributed by atoms with van der Waals surface area (Å²) in [6.45, 7) is 8.00. The molecule has 2 heteroatoms. The molecule has 1 aliphatic rings. The summed E-state index contributed by atoms with van der Waals surface area (Å²) >= 11 is 0. The fourth-order valence-electron chi connectivity index (χ4n) is 1.80. The van der Waals surface area contributed by atoms with E-state index in [0.29, 0.717) is 0 Å². The minimum Gasteiger partial charge on any atom is -0.398 e. The van der Waals surface area contributed by atoms with Gasteiger partial charge in [-0.2, -0.15) is 0 Å². The molecule has 2 rings (SSSR count). The predicted octanol–water partition coefficient (Wildman–Crippen LogP) is 3.17. The lowest BCUT2D eigenvalue weighted by molar-refractivity contribution is 0.159. The number of rotatable bonds is 0. The molecule has 1 aliphatic carbocycles. The number of aliphatic hydroxyl groups is 1. The number of hydrogen-bond donors (Lipinski definition) is 2. The van der Waals surface area contributed by atoms with E-state index in [2.05, 4.69) is 6.07 Å². The molecule has 0 spiro atoms. The summed E-state index contributed by atoms with van der Waals surface area (Å²) in [4.78, 5) is 0. The van der Waals surface area contributed by atoms with E-state index in [1.807, 2.05) is 39.8 Å². The molecule has 16 heavy (non-hydrogen) atoms. The van der Waals surface area contributed by atoms with Gasteiger partial charge in [0.15, 0.2) is 0 Å². The molecule has 0 radical (unpaired) electrons. The van der Waals surface area contributed by atoms with Crippen molar-refractivity contribution in [2.24, 2.45) is 0 Å². The number of hydrogen-bond acceptors (Lipinski definition) is 2. The van der Waals surface area contributed by atoms with Gasteiger partial charge in [0.2, 0.25) is 0 Å². The topological polar surface area (TPSA) is 46.2 Å². The maximum atomic E-state index is 9.42. The summed E-state index contributed by atoms with van der Waals surface area (Å²) in [6, 6.07) is 5.97. The van der Waals surface area contributed by atoms with Crippen LogP contribution in [0.15, 0.2) is 18.2 Å². The molecule has 2 nitrogen and oxygen atoms in total. The monoisotopic (exact) mass is 223 g/mol. The number of fused-ring (bicyclic) bond motifs is 1. The Labute approximate surface area is 99.5 Å². The quantitative estimate of drug-likeness (QED) is 0.664. The van der Waals surface area contributed by atoms with E-state index in [1.165, 1.54) is 5.56 Å². The first-order chi connectivity index (χ1) is 7.77. The summed E-state index contributed by atoms with van der Waals surface area (Å²) in [5, 5.41) is 9.42. The van der Waals surface area contributed by atoms with Crippen molar-refractivity contribution >= 4 is 5.69 Å². The molecular formula is C14H25NO. The molecule has 0 saturated carbocycles. The molecule has 1 aromatic rings. The second kappa shape index (κ2) is 8.17. The van der Waals surface area contributed by atoms with Gasteiger partial charge in [0, 0.05) is 12.1 Å². The first-order valence-corrected chi connectivity index (χ1v) is 6.31. The molecule has 0 bridgehead atoms. The van der Waals surface area contributed by atoms with Crippen molar-refractivity contribution in [3.63, 3.8) is 0 Å². The van der Waals surface area contributed by atoms with Crippen molar-refractivity contribution in [1.29, 1.82) is 0 Å². The number of nitrogen functional groups attached to an aromatic ring is 1. The van der Waals surface area contributed by atoms with E-state index in [-0.39, 0.29) is 6.10 Å². The largest absolute Gasteiger partial charge is 0.398 e. The highest BCUT2D eigenvalue weighted by atomic mass is 16.3. The van der Waals surface area contributed by atoms with E-state index in [1.54, 1.807) is 0 Å². The van der Waals surface area contributed by atoms with Gasteiger partial charge in [-0.05, 0) is 30.0 Å². The molecule has 0 heterocycles. The third kappa shape index (κ3) is 3.86. The summed E-state index contributed by atoms with van der Waals surface area (Å²) in [7, 11) is 0. The molecule has 0 saturated heterocycles. The van der Waals surface area contributed by atoms with Gasteiger partial charge in [0.1, 0.15) is 0 Å². The minimum atomic E-state index is -0.192. The number of anilines is 1. The van der Waals surface area contributed by atoms with Crippen LogP contribution in [-0.2, 0) is 12.8 Å². The van der Waals surface area contributed by atoms with Crippen molar-refractivity contribution in [3.05, 3.63) is 29.3 Å². The highest BCUT2D eigenvalue weighted by Gasteiger charge is 2.17. The van der Waals surface area contributed by atoms with Gasteiger partial charge in [0.05, 0.1) is 6.10 Å². The van der Waals surface area contributed by atoms with Crippen LogP contribution in [-0.4, -0.2) is 11.2 Å². The van der Waals surface area contributed by atoms with Crippen LogP contribution < -0.4 is 5.73 Å². The number of nitrogens with two attached hydrogens (primary N) is 1. The first-order valence-electron chi connectivity index (χ1n) is 6.31. The van der Waals surface area contributed by atoms with Crippen LogP contribution >= 0.6 is 0 Å². The molecule has 0 amide bonds. The average Bonchev–Trinajstić information content (AvgIpc) is 2.35. The zero-order valence-corrected chi connectivity index (χ0v) is 11.0. The molecular weight excluding hydrogens is 198 g/mol. The standard InChI is InChI=1S/C10H13NO.2C2H6/c11-10-3-1-2-7-4-5-8(12)6-9(7)10;2*1-2/h1-3,8,12H,4-6,11H2;2*1-2H3. The van der Waals surface area contributed by atoms with E-state index in [0.717, 1.165) is 30.5 Å². The SMILES string of the molecule is CC.CC.Nc1cccc2c1CC(O)CC2. The average molecular weight is 223 g/mol. The lowest BCUT2D eigenvalue weighted by atomic mass is 9.89. The molecule has 0 aliphatic heterocycles. The molecule has 1 atom stereocenters. The lowest BCUT2D eigenvalue weighted by Crippen LogP contribution is -2.19. The smallest absolute Gasteiger partial charge is 0.0584 e. The van der Waals surface area contributed by atoms with Crippen molar-refractivity contribution in [1.82, 2.24) is 0 Å². The third-order valence-electron chi connectivity index (χ3n) is 2.50. The predicted molar refractivity (Wildman–Crippen MR) is 71.6 cm³/mol. The molecule has 0 aromatic heterocycles. The fraction of sp³-hybridized carbons (Fsp3) is 0.571. The van der Waals surface area contributed by atoms with E-state index in [4.69, 9.17) is 5.73 Å². The molecule has 92 valence electrons. The lowest BCUT2D eigenvalue weighted by Gasteiger charge is -2.21. The number of aliphatic hydroxyl groups excluding tert-OH is 1. The Morgan fingerprint density at radius 1 is 1.19 bits per heavy atom. The summed E-state index contributed by atoms with van der Waals surface area (Å²) in [5.41, 5.74) is 9.07. The van der Waals surface area contributed by atoms with Crippen molar-refractivity contribution < 1.29 is 5.11 Å².